The van der Waals surface area contributed by atoms with Crippen molar-refractivity contribution in [2.45, 2.75) is 33.0 Å². The summed E-state index contributed by atoms with van der Waals surface area (Å²) in [5.74, 6) is 0.877. The lowest BCUT2D eigenvalue weighted by molar-refractivity contribution is 0.213. The lowest BCUT2D eigenvalue weighted by Crippen LogP contribution is -2.42. The Morgan fingerprint density at radius 2 is 2.00 bits per heavy atom. The van der Waals surface area contributed by atoms with E-state index in [1.54, 1.807) is 0 Å². The Morgan fingerprint density at radius 1 is 1.50 bits per heavy atom. The van der Waals surface area contributed by atoms with Gasteiger partial charge in [0.25, 0.3) is 0 Å². The molecule has 1 saturated heterocycles. The highest BCUT2D eigenvalue weighted by atomic mass is 15.2. The molecule has 1 nitrogen and oxygen atoms in total. The smallest absolute Gasteiger partial charge is 0.109 e. The molecule has 0 atom stereocenters. The quantitative estimate of drug-likeness (QED) is 0.562. The molecule has 0 unspecified atom stereocenters. The van der Waals surface area contributed by atoms with Crippen LogP contribution in [0.2, 0.25) is 5.82 Å². The molecule has 0 saturated carbocycles. The minimum Gasteiger partial charge on any atom is -0.376 e. The van der Waals surface area contributed by atoms with Gasteiger partial charge in [0.15, 0.2) is 0 Å². The largest absolute Gasteiger partial charge is 0.376 e. The van der Waals surface area contributed by atoms with Crippen molar-refractivity contribution in [2.24, 2.45) is 5.41 Å². The van der Waals surface area contributed by atoms with Crippen LogP contribution in [0, 0.1) is 5.41 Å². The summed E-state index contributed by atoms with van der Waals surface area (Å²) in [6.45, 7) is 13.4. The van der Waals surface area contributed by atoms with Gasteiger partial charge in [0.1, 0.15) is 7.85 Å². The van der Waals surface area contributed by atoms with Crippen LogP contribution in [0.25, 0.3) is 0 Å². The lowest BCUT2D eigenvalue weighted by Gasteiger charge is -2.42. The van der Waals surface area contributed by atoms with Crippen molar-refractivity contribution in [3.8, 4) is 0 Å². The molecule has 0 N–H and O–H groups in total. The van der Waals surface area contributed by atoms with Crippen LogP contribution in [0.3, 0.4) is 0 Å². The van der Waals surface area contributed by atoms with Gasteiger partial charge in [-0.1, -0.05) is 27.4 Å². The van der Waals surface area contributed by atoms with Gasteiger partial charge in [-0.3, -0.25) is 0 Å². The van der Waals surface area contributed by atoms with E-state index in [1.807, 2.05) is 0 Å². The maximum atomic E-state index is 4.12. The normalized spacial score (nSPS) is 19.1. The Kier molecular flexibility index (Phi) is 2.55. The molecule has 0 aromatic heterocycles. The molecule has 2 heteroatoms. The van der Waals surface area contributed by atoms with Gasteiger partial charge in [-0.2, -0.15) is 0 Å². The molecule has 1 heterocycles. The molecule has 0 aliphatic carbocycles. The molecular weight excluding hydrogens is 145 g/mol. The second-order valence-corrected chi connectivity index (χ2v) is 5.31. The number of rotatable bonds is 2. The highest BCUT2D eigenvalue weighted by Crippen LogP contribution is 2.30. The molecule has 0 aromatic carbocycles. The molecule has 1 aliphatic rings. The Bertz CT molecular complexity index is 175. The van der Waals surface area contributed by atoms with Gasteiger partial charge < -0.3 is 4.90 Å². The van der Waals surface area contributed by atoms with Crippen molar-refractivity contribution in [2.75, 3.05) is 13.1 Å². The summed E-state index contributed by atoms with van der Waals surface area (Å²) in [5.41, 5.74) is 1.70. The molecule has 1 fully saturated rings. The lowest BCUT2D eigenvalue weighted by atomic mass is 9.79. The molecule has 12 heavy (non-hydrogen) atoms. The summed E-state index contributed by atoms with van der Waals surface area (Å²) in [6, 6.07) is 0. The maximum absolute atomic E-state index is 4.12. The topological polar surface area (TPSA) is 3.24 Å². The van der Waals surface area contributed by atoms with Crippen LogP contribution in [-0.4, -0.2) is 25.8 Å². The fraction of sp³-hybridized carbons (Fsp3) is 0.800. The summed E-state index contributed by atoms with van der Waals surface area (Å²) >= 11 is 0. The molecule has 68 valence electrons. The van der Waals surface area contributed by atoms with Crippen LogP contribution in [0.5, 0.6) is 0 Å². The van der Waals surface area contributed by atoms with E-state index in [-0.39, 0.29) is 0 Å². The van der Waals surface area contributed by atoms with Crippen molar-refractivity contribution in [3.05, 3.63) is 12.3 Å². The Hall–Kier alpha value is -0.395. The van der Waals surface area contributed by atoms with Gasteiger partial charge in [-0.25, -0.2) is 0 Å². The van der Waals surface area contributed by atoms with Gasteiger partial charge in [-0.15, -0.1) is 0 Å². The summed E-state index contributed by atoms with van der Waals surface area (Å²) in [5, 5.41) is 0. The molecular formula is C10H20BN. The Labute approximate surface area is 77.2 Å². The minimum atomic E-state index is 0.385. The van der Waals surface area contributed by atoms with Crippen LogP contribution in [0.1, 0.15) is 27.2 Å². The van der Waals surface area contributed by atoms with Gasteiger partial charge in [0.05, 0.1) is 0 Å². The van der Waals surface area contributed by atoms with Crippen molar-refractivity contribution in [1.82, 2.24) is 4.90 Å². The van der Waals surface area contributed by atoms with Crippen molar-refractivity contribution in [3.63, 3.8) is 0 Å². The zero-order chi connectivity index (χ0) is 9.35. The molecule has 0 amide bonds. The maximum Gasteiger partial charge on any atom is 0.109 e. The Morgan fingerprint density at radius 3 is 2.33 bits per heavy atom. The number of likely N-dealkylation sites (tertiary alicyclic amines) is 1. The zero-order valence-electron chi connectivity index (χ0n) is 8.85. The average molecular weight is 165 g/mol. The summed E-state index contributed by atoms with van der Waals surface area (Å²) < 4.78 is 0. The number of allylic oxidation sites excluding steroid dienone is 1. The van der Waals surface area contributed by atoms with E-state index < -0.39 is 0 Å². The zero-order valence-corrected chi connectivity index (χ0v) is 8.85. The molecule has 1 rings (SSSR count). The molecule has 0 spiro atoms. The van der Waals surface area contributed by atoms with Gasteiger partial charge >= 0.3 is 0 Å². The first-order valence-corrected chi connectivity index (χ1v) is 4.81. The third-order valence-electron chi connectivity index (χ3n) is 2.25. The van der Waals surface area contributed by atoms with E-state index in [1.165, 1.54) is 18.8 Å². The first kappa shape index (κ1) is 9.69. The second-order valence-electron chi connectivity index (χ2n) is 5.31. The number of hydrogen-bond donors (Lipinski definition) is 0. The fourth-order valence-electron chi connectivity index (χ4n) is 1.68. The Balaban J connectivity index is 2.30. The van der Waals surface area contributed by atoms with Crippen LogP contribution >= 0.6 is 0 Å². The predicted molar refractivity (Wildman–Crippen MR) is 57.1 cm³/mol. The summed E-state index contributed by atoms with van der Waals surface area (Å²) in [6.07, 6.45) is 1.12. The van der Waals surface area contributed by atoms with Crippen LogP contribution in [0.15, 0.2) is 12.3 Å². The summed E-state index contributed by atoms with van der Waals surface area (Å²) in [4.78, 5) is 2.40. The van der Waals surface area contributed by atoms with E-state index >= 15 is 0 Å². The highest BCUT2D eigenvalue weighted by molar-refractivity contribution is 6.12. The third kappa shape index (κ3) is 2.58. The number of nitrogens with zero attached hydrogens (tertiary/aromatic N) is 1. The monoisotopic (exact) mass is 165 g/mol. The van der Waals surface area contributed by atoms with Crippen molar-refractivity contribution in [1.29, 1.82) is 0 Å². The minimum absolute atomic E-state index is 0.385. The van der Waals surface area contributed by atoms with E-state index in [0.29, 0.717) is 5.41 Å². The molecule has 0 aromatic rings. The van der Waals surface area contributed by atoms with Crippen molar-refractivity contribution >= 4 is 7.85 Å². The molecule has 0 radical (unpaired) electrons. The van der Waals surface area contributed by atoms with Crippen molar-refractivity contribution < 1.29 is 0 Å². The predicted octanol–water partition coefficient (Wildman–Crippen LogP) is 1.67. The fourth-order valence-corrected chi connectivity index (χ4v) is 1.68. The first-order chi connectivity index (χ1) is 5.38. The molecule has 0 bridgehead atoms. The van der Waals surface area contributed by atoms with E-state index in [9.17, 15) is 0 Å². The molecule has 1 aliphatic heterocycles. The SMILES string of the molecule is BC1CN(C(=C)CC(C)(C)C)C1. The first-order valence-electron chi connectivity index (χ1n) is 4.81. The average Bonchev–Trinajstić information content (AvgIpc) is 1.76. The van der Waals surface area contributed by atoms with E-state index in [0.717, 1.165) is 12.2 Å². The highest BCUT2D eigenvalue weighted by Gasteiger charge is 2.25. The van der Waals surface area contributed by atoms with E-state index in [2.05, 4.69) is 40.1 Å². The van der Waals surface area contributed by atoms with Crippen LogP contribution in [0.4, 0.5) is 0 Å². The summed E-state index contributed by atoms with van der Waals surface area (Å²) in [7, 11) is 2.29. The van der Waals surface area contributed by atoms with Gasteiger partial charge in [0.2, 0.25) is 0 Å². The third-order valence-corrected chi connectivity index (χ3v) is 2.25. The standard InChI is InChI=1S/C10H20BN/c1-8(5-10(2,3)4)12-6-9(11)7-12/h9H,1,5-7,11H2,2-4H3. The number of hydrogen-bond acceptors (Lipinski definition) is 1. The van der Waals surface area contributed by atoms with Crippen LogP contribution in [-0.2, 0) is 0 Å². The second kappa shape index (κ2) is 3.16. The van der Waals surface area contributed by atoms with Gasteiger partial charge in [0, 0.05) is 18.8 Å². The van der Waals surface area contributed by atoms with E-state index in [4.69, 9.17) is 0 Å². The van der Waals surface area contributed by atoms with Crippen LogP contribution < -0.4 is 0 Å². The van der Waals surface area contributed by atoms with Gasteiger partial charge in [-0.05, 0) is 17.7 Å².